The molecule has 0 radical (unpaired) electrons. The van der Waals surface area contributed by atoms with Gasteiger partial charge in [-0.25, -0.2) is 0 Å². The number of methoxy groups -OCH3 is 1. The van der Waals surface area contributed by atoms with E-state index in [1.807, 2.05) is 25.1 Å². The summed E-state index contributed by atoms with van der Waals surface area (Å²) in [6.45, 7) is 3.93. The summed E-state index contributed by atoms with van der Waals surface area (Å²) in [7, 11) is 1.38. The fourth-order valence-electron chi connectivity index (χ4n) is 2.78. The molecule has 1 aromatic carbocycles. The molecule has 1 aliphatic heterocycles. The van der Waals surface area contributed by atoms with Gasteiger partial charge in [-0.15, -0.1) is 0 Å². The van der Waals surface area contributed by atoms with E-state index in [9.17, 15) is 9.59 Å². The van der Waals surface area contributed by atoms with Gasteiger partial charge in [-0.1, -0.05) is 29.8 Å². The van der Waals surface area contributed by atoms with Crippen molar-refractivity contribution in [3.63, 3.8) is 0 Å². The van der Waals surface area contributed by atoms with Crippen LogP contribution in [0, 0.1) is 18.8 Å². The van der Waals surface area contributed by atoms with Crippen molar-refractivity contribution in [1.82, 2.24) is 10.6 Å². The second-order valence-corrected chi connectivity index (χ2v) is 5.85. The Kier molecular flexibility index (Phi) is 5.95. The van der Waals surface area contributed by atoms with Gasteiger partial charge in [0.15, 0.2) is 0 Å². The number of rotatable bonds is 6. The largest absolute Gasteiger partial charge is 0.469 e. The predicted molar refractivity (Wildman–Crippen MR) is 84.4 cm³/mol. The molecule has 0 aromatic heterocycles. The predicted octanol–water partition coefficient (Wildman–Crippen LogP) is 1.05. The molecule has 22 heavy (non-hydrogen) atoms. The lowest BCUT2D eigenvalue weighted by Crippen LogP contribution is -2.38. The number of benzene rings is 1. The fraction of sp³-hybridized carbons (Fsp3) is 0.529. The zero-order valence-electron chi connectivity index (χ0n) is 13.2. The third kappa shape index (κ3) is 4.56. The summed E-state index contributed by atoms with van der Waals surface area (Å²) < 4.78 is 4.87. The standard InChI is InChI=1S/C17H24N2O3/c1-12-4-3-5-13(8-12)9-15(17(21)22-2)11-19-16(20)14-6-7-18-10-14/h3-5,8,14-15,18H,6-7,9-11H2,1-2H3,(H,19,20). The molecule has 1 saturated heterocycles. The Morgan fingerprint density at radius 1 is 1.45 bits per heavy atom. The number of aryl methyl sites for hydroxylation is 1. The van der Waals surface area contributed by atoms with E-state index in [1.165, 1.54) is 7.11 Å². The summed E-state index contributed by atoms with van der Waals surface area (Å²) in [6, 6.07) is 8.04. The molecule has 120 valence electrons. The van der Waals surface area contributed by atoms with Crippen molar-refractivity contribution in [2.45, 2.75) is 19.8 Å². The summed E-state index contributed by atoms with van der Waals surface area (Å²) in [5.41, 5.74) is 2.23. The molecular formula is C17H24N2O3. The van der Waals surface area contributed by atoms with Crippen LogP contribution in [-0.2, 0) is 20.7 Å². The minimum atomic E-state index is -0.356. The Morgan fingerprint density at radius 2 is 2.27 bits per heavy atom. The van der Waals surface area contributed by atoms with Gasteiger partial charge in [-0.3, -0.25) is 9.59 Å². The summed E-state index contributed by atoms with van der Waals surface area (Å²) in [4.78, 5) is 24.0. The van der Waals surface area contributed by atoms with Crippen LogP contribution < -0.4 is 10.6 Å². The second-order valence-electron chi connectivity index (χ2n) is 5.85. The highest BCUT2D eigenvalue weighted by Gasteiger charge is 2.25. The molecule has 2 atom stereocenters. The quantitative estimate of drug-likeness (QED) is 0.771. The topological polar surface area (TPSA) is 67.4 Å². The van der Waals surface area contributed by atoms with E-state index in [4.69, 9.17) is 4.74 Å². The first-order valence-electron chi connectivity index (χ1n) is 7.72. The van der Waals surface area contributed by atoms with Crippen LogP contribution in [0.5, 0.6) is 0 Å². The van der Waals surface area contributed by atoms with E-state index < -0.39 is 0 Å². The zero-order valence-corrected chi connectivity index (χ0v) is 13.2. The third-order valence-electron chi connectivity index (χ3n) is 4.05. The SMILES string of the molecule is COC(=O)C(CNC(=O)C1CCNC1)Cc1cccc(C)c1. The van der Waals surface area contributed by atoms with Crippen molar-refractivity contribution in [2.75, 3.05) is 26.7 Å². The van der Waals surface area contributed by atoms with Crippen molar-refractivity contribution < 1.29 is 14.3 Å². The molecule has 1 fully saturated rings. The number of amides is 1. The van der Waals surface area contributed by atoms with Gasteiger partial charge in [0.25, 0.3) is 0 Å². The maximum absolute atomic E-state index is 12.1. The molecule has 5 heteroatoms. The van der Waals surface area contributed by atoms with Crippen LogP contribution >= 0.6 is 0 Å². The zero-order chi connectivity index (χ0) is 15.9. The number of nitrogens with one attached hydrogen (secondary N) is 2. The Hall–Kier alpha value is -1.88. The minimum absolute atomic E-state index is 0.0114. The highest BCUT2D eigenvalue weighted by molar-refractivity contribution is 5.80. The number of carbonyl (C=O) groups excluding carboxylic acids is 2. The highest BCUT2D eigenvalue weighted by atomic mass is 16.5. The molecule has 1 aromatic rings. The van der Waals surface area contributed by atoms with Gasteiger partial charge in [0.05, 0.1) is 18.9 Å². The molecule has 0 bridgehead atoms. The molecule has 1 aliphatic rings. The molecule has 5 nitrogen and oxygen atoms in total. The lowest BCUT2D eigenvalue weighted by Gasteiger charge is -2.17. The number of esters is 1. The normalized spacial score (nSPS) is 18.7. The highest BCUT2D eigenvalue weighted by Crippen LogP contribution is 2.13. The first-order valence-corrected chi connectivity index (χ1v) is 7.72. The second kappa shape index (κ2) is 7.94. The van der Waals surface area contributed by atoms with Gasteiger partial charge in [0.1, 0.15) is 0 Å². The Balaban J connectivity index is 1.94. The van der Waals surface area contributed by atoms with E-state index in [0.717, 1.165) is 24.1 Å². The van der Waals surface area contributed by atoms with Crippen molar-refractivity contribution in [2.24, 2.45) is 11.8 Å². The van der Waals surface area contributed by atoms with Gasteiger partial charge >= 0.3 is 5.97 Å². The van der Waals surface area contributed by atoms with Gasteiger partial charge in [-0.2, -0.15) is 0 Å². The van der Waals surface area contributed by atoms with Crippen LogP contribution in [0.3, 0.4) is 0 Å². The first-order chi connectivity index (χ1) is 10.6. The summed E-state index contributed by atoms with van der Waals surface area (Å²) in [5.74, 6) is -0.614. The van der Waals surface area contributed by atoms with E-state index in [-0.39, 0.29) is 23.7 Å². The number of ether oxygens (including phenoxy) is 1. The van der Waals surface area contributed by atoms with E-state index in [1.54, 1.807) is 0 Å². The number of hydrogen-bond acceptors (Lipinski definition) is 4. The smallest absolute Gasteiger partial charge is 0.310 e. The summed E-state index contributed by atoms with van der Waals surface area (Å²) in [5, 5.41) is 6.06. The summed E-state index contributed by atoms with van der Waals surface area (Å²) >= 11 is 0. The monoisotopic (exact) mass is 304 g/mol. The van der Waals surface area contributed by atoms with E-state index >= 15 is 0 Å². The molecule has 0 spiro atoms. The number of hydrogen-bond donors (Lipinski definition) is 2. The molecule has 0 saturated carbocycles. The van der Waals surface area contributed by atoms with Crippen LogP contribution in [0.1, 0.15) is 17.5 Å². The van der Waals surface area contributed by atoms with E-state index in [2.05, 4.69) is 16.7 Å². The van der Waals surface area contributed by atoms with Gasteiger partial charge in [-0.05, 0) is 31.9 Å². The molecule has 1 amide bonds. The van der Waals surface area contributed by atoms with Gasteiger partial charge in [0, 0.05) is 13.1 Å². The third-order valence-corrected chi connectivity index (χ3v) is 4.05. The Labute approximate surface area is 131 Å². The molecule has 1 heterocycles. The molecule has 2 N–H and O–H groups in total. The maximum atomic E-state index is 12.1. The van der Waals surface area contributed by atoms with Crippen LogP contribution in [0.25, 0.3) is 0 Å². The maximum Gasteiger partial charge on any atom is 0.310 e. The van der Waals surface area contributed by atoms with Crippen molar-refractivity contribution in [3.8, 4) is 0 Å². The molecule has 2 unspecified atom stereocenters. The minimum Gasteiger partial charge on any atom is -0.469 e. The van der Waals surface area contributed by atoms with E-state index in [0.29, 0.717) is 19.5 Å². The average Bonchev–Trinajstić information content (AvgIpc) is 3.04. The van der Waals surface area contributed by atoms with Crippen LogP contribution in [0.4, 0.5) is 0 Å². The first kappa shape index (κ1) is 16.5. The molecule has 2 rings (SSSR count). The van der Waals surface area contributed by atoms with Crippen LogP contribution in [0.2, 0.25) is 0 Å². The van der Waals surface area contributed by atoms with Gasteiger partial charge in [0.2, 0.25) is 5.91 Å². The average molecular weight is 304 g/mol. The van der Waals surface area contributed by atoms with Crippen molar-refractivity contribution in [3.05, 3.63) is 35.4 Å². The lowest BCUT2D eigenvalue weighted by atomic mass is 9.97. The number of carbonyl (C=O) groups is 2. The fourth-order valence-corrected chi connectivity index (χ4v) is 2.78. The Bertz CT molecular complexity index is 524. The molecular weight excluding hydrogens is 280 g/mol. The Morgan fingerprint density at radius 3 is 2.91 bits per heavy atom. The lowest BCUT2D eigenvalue weighted by molar-refractivity contribution is -0.145. The van der Waals surface area contributed by atoms with Gasteiger partial charge < -0.3 is 15.4 Å². The van der Waals surface area contributed by atoms with Crippen molar-refractivity contribution in [1.29, 1.82) is 0 Å². The van der Waals surface area contributed by atoms with Crippen LogP contribution in [-0.4, -0.2) is 38.6 Å². The summed E-state index contributed by atoms with van der Waals surface area (Å²) in [6.07, 6.45) is 1.42. The van der Waals surface area contributed by atoms with Crippen LogP contribution in [0.15, 0.2) is 24.3 Å². The molecule has 0 aliphatic carbocycles. The van der Waals surface area contributed by atoms with Crippen molar-refractivity contribution >= 4 is 11.9 Å².